The summed E-state index contributed by atoms with van der Waals surface area (Å²) < 4.78 is 0. The summed E-state index contributed by atoms with van der Waals surface area (Å²) in [6.07, 6.45) is 4.91. The minimum atomic E-state index is -0.102. The minimum absolute atomic E-state index is 0.0258. The lowest BCUT2D eigenvalue weighted by Gasteiger charge is -2.24. The van der Waals surface area contributed by atoms with E-state index in [1.807, 2.05) is 36.4 Å². The molecule has 0 bridgehead atoms. The molecule has 1 atom stereocenters. The van der Waals surface area contributed by atoms with Gasteiger partial charge in [0.2, 0.25) is 11.8 Å². The molecule has 0 spiro atoms. The van der Waals surface area contributed by atoms with Gasteiger partial charge in [0.25, 0.3) is 0 Å². The Hall–Kier alpha value is -2.62. The van der Waals surface area contributed by atoms with Crippen molar-refractivity contribution in [2.75, 3.05) is 10.6 Å². The molecule has 2 aliphatic carbocycles. The first-order chi connectivity index (χ1) is 12.2. The Morgan fingerprint density at radius 1 is 0.840 bits per heavy atom. The summed E-state index contributed by atoms with van der Waals surface area (Å²) in [5.74, 6) is 0.161. The number of carbonyl (C=O) groups is 2. The van der Waals surface area contributed by atoms with Crippen molar-refractivity contribution in [3.8, 4) is 0 Å². The SMILES string of the molecule is O=C(Nc1cccc(NC(=O)C2CCCc3ccccc32)c1)C1CC1. The zero-order valence-electron chi connectivity index (χ0n) is 14.1. The molecular weight excluding hydrogens is 312 g/mol. The van der Waals surface area contributed by atoms with Gasteiger partial charge in [-0.05, 0) is 61.4 Å². The number of hydrogen-bond donors (Lipinski definition) is 2. The molecule has 1 fully saturated rings. The number of rotatable bonds is 4. The van der Waals surface area contributed by atoms with Gasteiger partial charge in [0, 0.05) is 17.3 Å². The molecule has 2 aromatic carbocycles. The molecule has 1 unspecified atom stereocenters. The van der Waals surface area contributed by atoms with Gasteiger partial charge >= 0.3 is 0 Å². The molecule has 0 radical (unpaired) electrons. The van der Waals surface area contributed by atoms with Crippen LogP contribution in [0.15, 0.2) is 48.5 Å². The van der Waals surface area contributed by atoms with Crippen LogP contribution >= 0.6 is 0 Å². The smallest absolute Gasteiger partial charge is 0.231 e. The van der Waals surface area contributed by atoms with E-state index in [2.05, 4.69) is 22.8 Å². The van der Waals surface area contributed by atoms with E-state index in [0.717, 1.165) is 49.0 Å². The van der Waals surface area contributed by atoms with E-state index in [1.165, 1.54) is 5.56 Å². The fourth-order valence-corrected chi connectivity index (χ4v) is 3.52. The maximum Gasteiger partial charge on any atom is 0.231 e. The summed E-state index contributed by atoms with van der Waals surface area (Å²) in [6, 6.07) is 15.6. The Kier molecular flexibility index (Phi) is 4.26. The highest BCUT2D eigenvalue weighted by atomic mass is 16.2. The third kappa shape index (κ3) is 3.58. The number of anilines is 2. The van der Waals surface area contributed by atoms with Crippen LogP contribution in [0.4, 0.5) is 11.4 Å². The molecule has 0 saturated heterocycles. The van der Waals surface area contributed by atoms with Gasteiger partial charge in [0.1, 0.15) is 0 Å². The number of hydrogen-bond acceptors (Lipinski definition) is 2. The first-order valence-corrected chi connectivity index (χ1v) is 9.00. The van der Waals surface area contributed by atoms with E-state index >= 15 is 0 Å². The molecule has 4 nitrogen and oxygen atoms in total. The molecule has 2 N–H and O–H groups in total. The molecule has 2 amide bonds. The second-order valence-corrected chi connectivity index (χ2v) is 6.98. The van der Waals surface area contributed by atoms with Crippen LogP contribution < -0.4 is 10.6 Å². The van der Waals surface area contributed by atoms with Gasteiger partial charge in [-0.3, -0.25) is 9.59 Å². The van der Waals surface area contributed by atoms with Crippen molar-refractivity contribution in [3.63, 3.8) is 0 Å². The van der Waals surface area contributed by atoms with Gasteiger partial charge < -0.3 is 10.6 Å². The monoisotopic (exact) mass is 334 g/mol. The van der Waals surface area contributed by atoms with Gasteiger partial charge in [0.15, 0.2) is 0 Å². The normalized spacial score (nSPS) is 19.0. The summed E-state index contributed by atoms with van der Waals surface area (Å²) in [6.45, 7) is 0. The number of fused-ring (bicyclic) bond motifs is 1. The Labute approximate surface area is 147 Å². The third-order valence-corrected chi connectivity index (χ3v) is 5.03. The zero-order valence-corrected chi connectivity index (χ0v) is 14.1. The van der Waals surface area contributed by atoms with E-state index in [9.17, 15) is 9.59 Å². The van der Waals surface area contributed by atoms with Crippen molar-refractivity contribution in [1.82, 2.24) is 0 Å². The number of benzene rings is 2. The fraction of sp³-hybridized carbons (Fsp3) is 0.333. The van der Waals surface area contributed by atoms with Crippen LogP contribution in [0.1, 0.15) is 42.7 Å². The molecule has 4 heteroatoms. The molecule has 2 aliphatic rings. The topological polar surface area (TPSA) is 58.2 Å². The molecule has 1 saturated carbocycles. The van der Waals surface area contributed by atoms with Crippen LogP contribution in [0, 0.1) is 5.92 Å². The lowest BCUT2D eigenvalue weighted by Crippen LogP contribution is -2.24. The Balaban J connectivity index is 1.47. The average Bonchev–Trinajstić information content (AvgIpc) is 3.47. The summed E-state index contributed by atoms with van der Waals surface area (Å²) in [7, 11) is 0. The van der Waals surface area contributed by atoms with Gasteiger partial charge in [-0.15, -0.1) is 0 Å². The van der Waals surface area contributed by atoms with Crippen molar-refractivity contribution in [2.45, 2.75) is 38.0 Å². The molecule has 0 heterocycles. The third-order valence-electron chi connectivity index (χ3n) is 5.03. The molecular formula is C21H22N2O2. The van der Waals surface area contributed by atoms with Crippen molar-refractivity contribution >= 4 is 23.2 Å². The van der Waals surface area contributed by atoms with Crippen LogP contribution in [0.5, 0.6) is 0 Å². The summed E-state index contributed by atoms with van der Waals surface area (Å²) >= 11 is 0. The fourth-order valence-electron chi connectivity index (χ4n) is 3.52. The number of nitrogens with one attached hydrogen (secondary N) is 2. The van der Waals surface area contributed by atoms with E-state index in [-0.39, 0.29) is 23.7 Å². The van der Waals surface area contributed by atoms with Crippen LogP contribution in [-0.2, 0) is 16.0 Å². The summed E-state index contributed by atoms with van der Waals surface area (Å²) in [4.78, 5) is 24.7. The summed E-state index contributed by atoms with van der Waals surface area (Å²) in [5, 5.41) is 5.94. The molecule has 4 rings (SSSR count). The highest BCUT2D eigenvalue weighted by Gasteiger charge is 2.29. The maximum atomic E-state index is 12.8. The van der Waals surface area contributed by atoms with Gasteiger partial charge in [0.05, 0.1) is 5.92 Å². The number of aryl methyl sites for hydroxylation is 1. The van der Waals surface area contributed by atoms with Gasteiger partial charge in [-0.2, -0.15) is 0 Å². The lowest BCUT2D eigenvalue weighted by atomic mass is 9.82. The van der Waals surface area contributed by atoms with Crippen molar-refractivity contribution in [1.29, 1.82) is 0 Å². The maximum absolute atomic E-state index is 12.8. The first kappa shape index (κ1) is 15.9. The van der Waals surface area contributed by atoms with Crippen LogP contribution in [0.25, 0.3) is 0 Å². The van der Waals surface area contributed by atoms with Crippen LogP contribution in [-0.4, -0.2) is 11.8 Å². The molecule has 0 aliphatic heterocycles. The summed E-state index contributed by atoms with van der Waals surface area (Å²) in [5.41, 5.74) is 3.88. The highest BCUT2D eigenvalue weighted by Crippen LogP contribution is 2.33. The quantitative estimate of drug-likeness (QED) is 0.884. The largest absolute Gasteiger partial charge is 0.326 e. The predicted octanol–water partition coefficient (Wildman–Crippen LogP) is 4.09. The highest BCUT2D eigenvalue weighted by molar-refractivity contribution is 5.98. The Bertz CT molecular complexity index is 811. The number of amides is 2. The van der Waals surface area contributed by atoms with E-state index in [1.54, 1.807) is 0 Å². The zero-order chi connectivity index (χ0) is 17.2. The average molecular weight is 334 g/mol. The second kappa shape index (κ2) is 6.71. The standard InChI is InChI=1S/C21H22N2O2/c24-20(15-11-12-15)22-16-7-4-8-17(13-16)23-21(25)19-10-3-6-14-5-1-2-9-18(14)19/h1-2,4-5,7-9,13,15,19H,3,6,10-12H2,(H,22,24)(H,23,25). The Morgan fingerprint density at radius 2 is 1.56 bits per heavy atom. The van der Waals surface area contributed by atoms with Crippen molar-refractivity contribution in [3.05, 3.63) is 59.7 Å². The molecule has 2 aromatic rings. The second-order valence-electron chi connectivity index (χ2n) is 6.98. The van der Waals surface area contributed by atoms with E-state index in [0.29, 0.717) is 0 Å². The first-order valence-electron chi connectivity index (χ1n) is 9.00. The number of carbonyl (C=O) groups excluding carboxylic acids is 2. The van der Waals surface area contributed by atoms with Gasteiger partial charge in [-0.25, -0.2) is 0 Å². The predicted molar refractivity (Wildman–Crippen MR) is 98.5 cm³/mol. The lowest BCUT2D eigenvalue weighted by molar-refractivity contribution is -0.118. The van der Waals surface area contributed by atoms with Gasteiger partial charge in [-0.1, -0.05) is 30.3 Å². The molecule has 25 heavy (non-hydrogen) atoms. The van der Waals surface area contributed by atoms with Crippen molar-refractivity contribution in [2.24, 2.45) is 5.92 Å². The van der Waals surface area contributed by atoms with Crippen LogP contribution in [0.2, 0.25) is 0 Å². The molecule has 0 aromatic heterocycles. The Morgan fingerprint density at radius 3 is 2.32 bits per heavy atom. The van der Waals surface area contributed by atoms with Crippen LogP contribution in [0.3, 0.4) is 0 Å². The van der Waals surface area contributed by atoms with E-state index in [4.69, 9.17) is 0 Å². The van der Waals surface area contributed by atoms with E-state index < -0.39 is 0 Å². The van der Waals surface area contributed by atoms with Crippen molar-refractivity contribution < 1.29 is 9.59 Å². The molecule has 128 valence electrons. The minimum Gasteiger partial charge on any atom is -0.326 e.